The van der Waals surface area contributed by atoms with Crippen LogP contribution in [0.5, 0.6) is 0 Å². The second-order valence-corrected chi connectivity index (χ2v) is 7.58. The molecule has 0 aliphatic rings. The minimum Gasteiger partial charge on any atom is -0.322 e. The van der Waals surface area contributed by atoms with Crippen LogP contribution in [0.1, 0.15) is 32.7 Å². The van der Waals surface area contributed by atoms with Crippen LogP contribution in [0.2, 0.25) is 0 Å². The Morgan fingerprint density at radius 2 is 1.97 bits per heavy atom. The molecule has 8 heteroatoms. The first kappa shape index (κ1) is 22.1. The van der Waals surface area contributed by atoms with Gasteiger partial charge in [-0.25, -0.2) is 0 Å². The molecule has 4 aromatic rings. The number of pyridine rings is 2. The van der Waals surface area contributed by atoms with Gasteiger partial charge in [-0.1, -0.05) is 12.0 Å². The van der Waals surface area contributed by atoms with Gasteiger partial charge in [0.2, 0.25) is 0 Å². The van der Waals surface area contributed by atoms with Crippen molar-refractivity contribution in [3.8, 4) is 11.8 Å². The Hall–Kier alpha value is -4.06. The van der Waals surface area contributed by atoms with E-state index in [1.165, 1.54) is 11.8 Å². The largest absolute Gasteiger partial charge is 0.322 e. The van der Waals surface area contributed by atoms with Crippen LogP contribution in [0.3, 0.4) is 0 Å². The molecule has 0 unspecified atom stereocenters. The van der Waals surface area contributed by atoms with Gasteiger partial charge in [0, 0.05) is 55.7 Å². The van der Waals surface area contributed by atoms with E-state index in [1.807, 2.05) is 38.2 Å². The third-order valence-corrected chi connectivity index (χ3v) is 5.16. The minimum atomic E-state index is -0.236. The number of anilines is 1. The molecule has 0 saturated heterocycles. The van der Waals surface area contributed by atoms with Crippen molar-refractivity contribution < 1.29 is 4.79 Å². The Balaban J connectivity index is 1.44. The van der Waals surface area contributed by atoms with Crippen LogP contribution in [0.4, 0.5) is 5.69 Å². The number of nitrogens with one attached hydrogen (secondary N) is 4. The van der Waals surface area contributed by atoms with Gasteiger partial charge >= 0.3 is 0 Å². The molecule has 0 aliphatic carbocycles. The van der Waals surface area contributed by atoms with Gasteiger partial charge < -0.3 is 16.0 Å². The summed E-state index contributed by atoms with van der Waals surface area (Å²) in [7, 11) is 1.93. The van der Waals surface area contributed by atoms with Crippen molar-refractivity contribution >= 4 is 22.5 Å². The maximum atomic E-state index is 12.8. The average Bonchev–Trinajstić information content (AvgIpc) is 3.25. The molecule has 1 aromatic carbocycles. The summed E-state index contributed by atoms with van der Waals surface area (Å²) in [5.41, 5.74) is 5.59. The maximum absolute atomic E-state index is 12.8. The molecule has 0 aliphatic heterocycles. The van der Waals surface area contributed by atoms with Crippen molar-refractivity contribution in [2.75, 3.05) is 25.5 Å². The van der Waals surface area contributed by atoms with Gasteiger partial charge in [-0.3, -0.25) is 19.9 Å². The van der Waals surface area contributed by atoms with Crippen molar-refractivity contribution in [2.45, 2.75) is 13.5 Å². The number of amides is 1. The number of hydrogen-bond donors (Lipinski definition) is 4. The highest BCUT2D eigenvalue weighted by atomic mass is 16.1. The number of hydrogen-bond acceptors (Lipinski definition) is 6. The molecule has 0 radical (unpaired) electrons. The summed E-state index contributed by atoms with van der Waals surface area (Å²) in [6, 6.07) is 9.47. The lowest BCUT2D eigenvalue weighted by Gasteiger charge is -2.11. The molecule has 1 amide bonds. The molecule has 33 heavy (non-hydrogen) atoms. The van der Waals surface area contributed by atoms with E-state index in [1.54, 1.807) is 24.7 Å². The zero-order valence-electron chi connectivity index (χ0n) is 18.6. The van der Waals surface area contributed by atoms with Crippen LogP contribution in [0.15, 0.2) is 55.1 Å². The molecule has 8 nitrogen and oxygen atoms in total. The van der Waals surface area contributed by atoms with Gasteiger partial charge in [-0.05, 0) is 55.3 Å². The van der Waals surface area contributed by atoms with Gasteiger partial charge in [0.15, 0.2) is 0 Å². The molecular formula is C25H25N7O. The Kier molecular flexibility index (Phi) is 7.05. The topological polar surface area (TPSA) is 108 Å². The van der Waals surface area contributed by atoms with E-state index in [2.05, 4.69) is 48.0 Å². The molecule has 0 fully saturated rings. The number of likely N-dealkylation sites (N-methyl/N-ethyl adjacent to an activating group) is 1. The summed E-state index contributed by atoms with van der Waals surface area (Å²) in [5.74, 6) is 5.82. The molecule has 4 N–H and O–H groups in total. The van der Waals surface area contributed by atoms with Crippen LogP contribution in [0, 0.1) is 18.8 Å². The molecule has 3 aromatic heterocycles. The molecule has 0 saturated carbocycles. The predicted octanol–water partition coefficient (Wildman–Crippen LogP) is 2.62. The summed E-state index contributed by atoms with van der Waals surface area (Å²) >= 11 is 0. The fraction of sp³-hybridized carbons (Fsp3) is 0.200. The monoisotopic (exact) mass is 439 g/mol. The lowest BCUT2D eigenvalue weighted by atomic mass is 10.1. The Morgan fingerprint density at radius 3 is 2.82 bits per heavy atom. The predicted molar refractivity (Wildman–Crippen MR) is 129 cm³/mol. The lowest BCUT2D eigenvalue weighted by molar-refractivity contribution is 0.102. The lowest BCUT2D eigenvalue weighted by Crippen LogP contribution is -2.24. The van der Waals surface area contributed by atoms with Gasteiger partial charge in [-0.2, -0.15) is 5.10 Å². The minimum absolute atomic E-state index is 0.236. The molecule has 4 rings (SSSR count). The SMILES string of the molecule is CNCCNCc1ccc(NC(=O)c2cncc(C#Cc3n[nH]c4ccncc34)c2)cc1C. The molecule has 0 spiro atoms. The van der Waals surface area contributed by atoms with Crippen LogP contribution in [-0.2, 0) is 6.54 Å². The van der Waals surface area contributed by atoms with E-state index >= 15 is 0 Å². The highest BCUT2D eigenvalue weighted by Gasteiger charge is 2.09. The van der Waals surface area contributed by atoms with Crippen LogP contribution < -0.4 is 16.0 Å². The molecule has 166 valence electrons. The number of carbonyl (C=O) groups is 1. The van der Waals surface area contributed by atoms with E-state index in [9.17, 15) is 4.79 Å². The van der Waals surface area contributed by atoms with Gasteiger partial charge in [0.1, 0.15) is 5.69 Å². The van der Waals surface area contributed by atoms with Gasteiger partial charge in [0.25, 0.3) is 5.91 Å². The third kappa shape index (κ3) is 5.60. The zero-order valence-corrected chi connectivity index (χ0v) is 18.6. The summed E-state index contributed by atoms with van der Waals surface area (Å²) < 4.78 is 0. The first-order chi connectivity index (χ1) is 16.1. The Bertz CT molecular complexity index is 1330. The fourth-order valence-corrected chi connectivity index (χ4v) is 3.33. The quantitative estimate of drug-likeness (QED) is 0.260. The van der Waals surface area contributed by atoms with E-state index in [0.717, 1.165) is 41.8 Å². The maximum Gasteiger partial charge on any atom is 0.257 e. The van der Waals surface area contributed by atoms with Crippen molar-refractivity contribution in [1.82, 2.24) is 30.8 Å². The van der Waals surface area contributed by atoms with Crippen molar-refractivity contribution in [2.24, 2.45) is 0 Å². The van der Waals surface area contributed by atoms with E-state index in [0.29, 0.717) is 16.8 Å². The number of aryl methyl sites for hydroxylation is 1. The van der Waals surface area contributed by atoms with E-state index in [4.69, 9.17) is 0 Å². The Morgan fingerprint density at radius 1 is 1.06 bits per heavy atom. The standard InChI is InChI=1S/C25H25N7O/c1-17-11-21(5-4-19(17)14-28-10-9-26-2)30-25(33)20-12-18(13-29-15-20)3-6-23-22-16-27-8-7-24(22)32-31-23/h4-5,7-8,11-13,15-16,26,28H,9-10,14H2,1-2H3,(H,30,33)(H,31,32). The number of H-pyrrole nitrogens is 1. The van der Waals surface area contributed by atoms with Crippen molar-refractivity contribution in [1.29, 1.82) is 0 Å². The van der Waals surface area contributed by atoms with Crippen LogP contribution in [0.25, 0.3) is 10.9 Å². The molecule has 0 atom stereocenters. The van der Waals surface area contributed by atoms with Crippen molar-refractivity contribution in [3.05, 3.63) is 83.1 Å². The normalized spacial score (nSPS) is 10.6. The number of carbonyl (C=O) groups excluding carboxylic acids is 1. The van der Waals surface area contributed by atoms with Gasteiger partial charge in [0.05, 0.1) is 16.5 Å². The number of aromatic nitrogens is 4. The summed E-state index contributed by atoms with van der Waals surface area (Å²) in [6.07, 6.45) is 6.57. The molecular weight excluding hydrogens is 414 g/mol. The second kappa shape index (κ2) is 10.5. The Labute approximate surface area is 192 Å². The highest BCUT2D eigenvalue weighted by molar-refractivity contribution is 6.04. The number of rotatable bonds is 7. The molecule has 0 bridgehead atoms. The second-order valence-electron chi connectivity index (χ2n) is 7.58. The number of benzene rings is 1. The van der Waals surface area contributed by atoms with E-state index in [-0.39, 0.29) is 5.91 Å². The van der Waals surface area contributed by atoms with E-state index < -0.39 is 0 Å². The third-order valence-electron chi connectivity index (χ3n) is 5.16. The van der Waals surface area contributed by atoms with Crippen LogP contribution >= 0.6 is 0 Å². The number of nitrogens with zero attached hydrogens (tertiary/aromatic N) is 3. The first-order valence-corrected chi connectivity index (χ1v) is 10.7. The summed E-state index contributed by atoms with van der Waals surface area (Å²) in [5, 5.41) is 17.4. The summed E-state index contributed by atoms with van der Waals surface area (Å²) in [6.45, 7) is 4.64. The summed E-state index contributed by atoms with van der Waals surface area (Å²) in [4.78, 5) is 21.1. The fourth-order valence-electron chi connectivity index (χ4n) is 3.33. The molecule has 3 heterocycles. The smallest absolute Gasteiger partial charge is 0.257 e. The van der Waals surface area contributed by atoms with Crippen LogP contribution in [-0.4, -0.2) is 46.2 Å². The van der Waals surface area contributed by atoms with Gasteiger partial charge in [-0.15, -0.1) is 0 Å². The first-order valence-electron chi connectivity index (χ1n) is 10.7. The highest BCUT2D eigenvalue weighted by Crippen LogP contribution is 2.17. The van der Waals surface area contributed by atoms with Crippen molar-refractivity contribution in [3.63, 3.8) is 0 Å². The number of aromatic amines is 1. The zero-order chi connectivity index (χ0) is 23.0. The average molecular weight is 440 g/mol. The number of fused-ring (bicyclic) bond motifs is 1.